The Morgan fingerprint density at radius 3 is 2.55 bits per heavy atom. The van der Waals surface area contributed by atoms with E-state index in [0.29, 0.717) is 17.9 Å². The molecule has 0 saturated carbocycles. The Kier molecular flexibility index (Phi) is 6.07. The number of methoxy groups -OCH3 is 1. The van der Waals surface area contributed by atoms with Gasteiger partial charge in [0.1, 0.15) is 0 Å². The van der Waals surface area contributed by atoms with E-state index in [-0.39, 0.29) is 11.9 Å². The van der Waals surface area contributed by atoms with Crippen molar-refractivity contribution < 1.29 is 14.3 Å². The van der Waals surface area contributed by atoms with Gasteiger partial charge in [0.05, 0.1) is 7.11 Å². The predicted octanol–water partition coefficient (Wildman–Crippen LogP) is 2.06. The molecule has 1 heterocycles. The second-order valence-electron chi connectivity index (χ2n) is 5.75. The van der Waals surface area contributed by atoms with Crippen molar-refractivity contribution in [1.29, 1.82) is 0 Å². The van der Waals surface area contributed by atoms with Crippen molar-refractivity contribution in [1.82, 2.24) is 10.2 Å². The molecule has 2 rings (SSSR count). The average molecular weight is 306 g/mol. The van der Waals surface area contributed by atoms with Crippen LogP contribution in [0, 0.1) is 0 Å². The van der Waals surface area contributed by atoms with Gasteiger partial charge in [0.15, 0.2) is 17.6 Å². The zero-order chi connectivity index (χ0) is 15.9. The molecule has 1 aliphatic rings. The molecule has 1 amide bonds. The van der Waals surface area contributed by atoms with Crippen molar-refractivity contribution in [3.8, 4) is 11.5 Å². The Morgan fingerprint density at radius 1 is 1.32 bits per heavy atom. The number of likely N-dealkylation sites (tertiary alicyclic amines) is 1. The fourth-order valence-corrected chi connectivity index (χ4v) is 2.64. The number of hydrogen-bond donors (Lipinski definition) is 1. The molecule has 1 aliphatic heterocycles. The van der Waals surface area contributed by atoms with Crippen LogP contribution in [0.4, 0.5) is 0 Å². The molecular weight excluding hydrogens is 280 g/mol. The number of ether oxygens (including phenoxy) is 2. The van der Waals surface area contributed by atoms with Crippen LogP contribution in [0.15, 0.2) is 24.3 Å². The zero-order valence-corrected chi connectivity index (χ0v) is 13.7. The Morgan fingerprint density at radius 2 is 1.95 bits per heavy atom. The summed E-state index contributed by atoms with van der Waals surface area (Å²) in [5, 5.41) is 3.12. The number of rotatable bonds is 6. The Labute approximate surface area is 132 Å². The van der Waals surface area contributed by atoms with E-state index < -0.39 is 6.10 Å². The van der Waals surface area contributed by atoms with Gasteiger partial charge in [-0.3, -0.25) is 4.79 Å². The van der Waals surface area contributed by atoms with Gasteiger partial charge in [-0.25, -0.2) is 0 Å². The molecule has 5 nitrogen and oxygen atoms in total. The number of hydrogen-bond acceptors (Lipinski definition) is 4. The fraction of sp³-hybridized carbons (Fsp3) is 0.588. The molecule has 22 heavy (non-hydrogen) atoms. The van der Waals surface area contributed by atoms with Crippen LogP contribution in [0.2, 0.25) is 0 Å². The third kappa shape index (κ3) is 4.37. The van der Waals surface area contributed by atoms with Crippen LogP contribution in [0.1, 0.15) is 26.2 Å². The minimum Gasteiger partial charge on any atom is -0.493 e. The molecule has 0 spiro atoms. The summed E-state index contributed by atoms with van der Waals surface area (Å²) < 4.78 is 11.1. The molecule has 1 N–H and O–H groups in total. The van der Waals surface area contributed by atoms with Crippen molar-refractivity contribution in [2.75, 3.05) is 27.2 Å². The quantitative estimate of drug-likeness (QED) is 0.874. The van der Waals surface area contributed by atoms with E-state index >= 15 is 0 Å². The molecule has 1 aromatic rings. The molecule has 122 valence electrons. The van der Waals surface area contributed by atoms with Crippen LogP contribution in [0.25, 0.3) is 0 Å². The molecule has 1 fully saturated rings. The number of piperidine rings is 1. The van der Waals surface area contributed by atoms with Crippen LogP contribution in [0.3, 0.4) is 0 Å². The van der Waals surface area contributed by atoms with Crippen LogP contribution in [-0.4, -0.2) is 50.2 Å². The van der Waals surface area contributed by atoms with Gasteiger partial charge in [0.2, 0.25) is 0 Å². The summed E-state index contributed by atoms with van der Waals surface area (Å²) in [5.74, 6) is 1.21. The topological polar surface area (TPSA) is 50.8 Å². The maximum atomic E-state index is 12.4. The standard InChI is InChI=1S/C17H26N2O3/c1-4-14(22-16-8-6-5-7-15(16)21-3)17(20)18-13-9-11-19(2)12-10-13/h5-8,13-14H,4,9-12H2,1-3H3,(H,18,20)/t14-/m0/s1. The first-order valence-corrected chi connectivity index (χ1v) is 7.92. The summed E-state index contributed by atoms with van der Waals surface area (Å²) in [5.41, 5.74) is 0. The van der Waals surface area contributed by atoms with E-state index in [0.717, 1.165) is 25.9 Å². The molecule has 0 aliphatic carbocycles. The highest BCUT2D eigenvalue weighted by Gasteiger charge is 2.24. The molecular formula is C17H26N2O3. The van der Waals surface area contributed by atoms with Crippen molar-refractivity contribution in [3.63, 3.8) is 0 Å². The highest BCUT2D eigenvalue weighted by molar-refractivity contribution is 5.81. The summed E-state index contributed by atoms with van der Waals surface area (Å²) in [6.45, 7) is 4.00. The molecule has 0 radical (unpaired) electrons. The Balaban J connectivity index is 1.94. The Bertz CT molecular complexity index is 485. The third-order valence-electron chi connectivity index (χ3n) is 4.07. The summed E-state index contributed by atoms with van der Waals surface area (Å²) >= 11 is 0. The minimum absolute atomic E-state index is 0.0389. The molecule has 0 aromatic heterocycles. The largest absolute Gasteiger partial charge is 0.493 e. The molecule has 1 aromatic carbocycles. The summed E-state index contributed by atoms with van der Waals surface area (Å²) in [6.07, 6.45) is 2.12. The number of carbonyl (C=O) groups is 1. The summed E-state index contributed by atoms with van der Waals surface area (Å²) in [7, 11) is 3.71. The maximum absolute atomic E-state index is 12.4. The number of carbonyl (C=O) groups excluding carboxylic acids is 1. The lowest BCUT2D eigenvalue weighted by Gasteiger charge is -2.30. The van der Waals surface area contributed by atoms with Crippen LogP contribution in [-0.2, 0) is 4.79 Å². The van der Waals surface area contributed by atoms with Crippen LogP contribution in [0.5, 0.6) is 11.5 Å². The van der Waals surface area contributed by atoms with Crippen molar-refractivity contribution in [2.45, 2.75) is 38.3 Å². The van der Waals surface area contributed by atoms with Gasteiger partial charge in [0.25, 0.3) is 5.91 Å². The lowest BCUT2D eigenvalue weighted by Crippen LogP contribution is -2.47. The van der Waals surface area contributed by atoms with E-state index in [4.69, 9.17) is 9.47 Å². The lowest BCUT2D eigenvalue weighted by atomic mass is 10.1. The first-order chi connectivity index (χ1) is 10.6. The van der Waals surface area contributed by atoms with Gasteiger partial charge in [0, 0.05) is 6.04 Å². The van der Waals surface area contributed by atoms with Gasteiger partial charge in [-0.1, -0.05) is 19.1 Å². The third-order valence-corrected chi connectivity index (χ3v) is 4.07. The van der Waals surface area contributed by atoms with E-state index in [1.54, 1.807) is 7.11 Å². The van der Waals surface area contributed by atoms with Gasteiger partial charge >= 0.3 is 0 Å². The molecule has 0 bridgehead atoms. The lowest BCUT2D eigenvalue weighted by molar-refractivity contribution is -0.129. The fourth-order valence-electron chi connectivity index (χ4n) is 2.64. The second kappa shape index (κ2) is 8.03. The Hall–Kier alpha value is -1.75. The highest BCUT2D eigenvalue weighted by atomic mass is 16.5. The SMILES string of the molecule is CC[C@H](Oc1ccccc1OC)C(=O)NC1CCN(C)CC1. The van der Waals surface area contributed by atoms with Gasteiger partial charge in [-0.15, -0.1) is 0 Å². The van der Waals surface area contributed by atoms with E-state index in [1.165, 1.54) is 0 Å². The summed E-state index contributed by atoms with van der Waals surface area (Å²) in [6, 6.07) is 7.66. The van der Waals surface area contributed by atoms with Crippen LogP contribution >= 0.6 is 0 Å². The second-order valence-corrected chi connectivity index (χ2v) is 5.75. The van der Waals surface area contributed by atoms with Crippen molar-refractivity contribution in [3.05, 3.63) is 24.3 Å². The monoisotopic (exact) mass is 306 g/mol. The number of nitrogens with zero attached hydrogens (tertiary/aromatic N) is 1. The van der Waals surface area contributed by atoms with Crippen LogP contribution < -0.4 is 14.8 Å². The van der Waals surface area contributed by atoms with Gasteiger partial charge < -0.3 is 19.7 Å². The number of nitrogens with one attached hydrogen (secondary N) is 1. The predicted molar refractivity (Wildman–Crippen MR) is 86.4 cm³/mol. The normalized spacial score (nSPS) is 17.8. The number of para-hydroxylation sites is 2. The molecule has 1 saturated heterocycles. The first-order valence-electron chi connectivity index (χ1n) is 7.92. The first kappa shape index (κ1) is 16.6. The van der Waals surface area contributed by atoms with E-state index in [1.807, 2.05) is 31.2 Å². The highest BCUT2D eigenvalue weighted by Crippen LogP contribution is 2.27. The smallest absolute Gasteiger partial charge is 0.261 e. The molecule has 0 unspecified atom stereocenters. The van der Waals surface area contributed by atoms with Crippen molar-refractivity contribution >= 4 is 5.91 Å². The zero-order valence-electron chi connectivity index (χ0n) is 13.7. The average Bonchev–Trinajstić information content (AvgIpc) is 2.55. The van der Waals surface area contributed by atoms with Gasteiger partial charge in [-0.2, -0.15) is 0 Å². The number of amides is 1. The molecule has 1 atom stereocenters. The minimum atomic E-state index is -0.490. The number of benzene rings is 1. The molecule has 5 heteroatoms. The van der Waals surface area contributed by atoms with E-state index in [9.17, 15) is 4.79 Å². The maximum Gasteiger partial charge on any atom is 0.261 e. The van der Waals surface area contributed by atoms with Gasteiger partial charge in [-0.05, 0) is 51.5 Å². The van der Waals surface area contributed by atoms with E-state index in [2.05, 4.69) is 17.3 Å². The van der Waals surface area contributed by atoms with Crippen molar-refractivity contribution in [2.24, 2.45) is 0 Å². The summed E-state index contributed by atoms with van der Waals surface area (Å²) in [4.78, 5) is 14.7.